The van der Waals surface area contributed by atoms with Crippen LogP contribution in [0, 0.1) is 5.92 Å². The largest absolute Gasteiger partial charge is 0.508 e. The number of benzene rings is 1. The number of fused-ring (bicyclic) bond motifs is 1. The number of rotatable bonds is 5. The normalized spacial score (nSPS) is 32.5. The van der Waals surface area contributed by atoms with Gasteiger partial charge in [-0.1, -0.05) is 18.6 Å². The molecule has 2 bridgehead atoms. The Morgan fingerprint density at radius 2 is 1.88 bits per heavy atom. The van der Waals surface area contributed by atoms with Gasteiger partial charge in [-0.2, -0.15) is 0 Å². The molecule has 3 atom stereocenters. The minimum Gasteiger partial charge on any atom is -0.508 e. The molecule has 2 N–H and O–H groups in total. The van der Waals surface area contributed by atoms with E-state index in [1.54, 1.807) is 0 Å². The van der Waals surface area contributed by atoms with Gasteiger partial charge in [0.1, 0.15) is 5.75 Å². The molecule has 2 aliphatic heterocycles. The summed E-state index contributed by atoms with van der Waals surface area (Å²) in [5.41, 5.74) is 2.69. The molecule has 2 saturated heterocycles. The van der Waals surface area contributed by atoms with E-state index in [4.69, 9.17) is 0 Å². The van der Waals surface area contributed by atoms with Crippen LogP contribution in [0.5, 0.6) is 5.75 Å². The molecule has 0 amide bonds. The molecule has 1 aromatic heterocycles. The molecule has 2 aromatic rings. The fraction of sp³-hybridized carbons (Fsp3) is 0.607. The second-order valence-corrected chi connectivity index (χ2v) is 11.0. The maximum Gasteiger partial charge on any atom is 0.115 e. The van der Waals surface area contributed by atoms with Gasteiger partial charge >= 0.3 is 0 Å². The zero-order valence-electron chi connectivity index (χ0n) is 19.6. The smallest absolute Gasteiger partial charge is 0.115 e. The number of aromatic hydroxyl groups is 1. The summed E-state index contributed by atoms with van der Waals surface area (Å²) in [4.78, 5) is 9.68. The van der Waals surface area contributed by atoms with Crippen LogP contribution in [0.3, 0.4) is 0 Å². The molecule has 3 heterocycles. The van der Waals surface area contributed by atoms with Crippen molar-refractivity contribution in [3.8, 4) is 5.75 Å². The van der Waals surface area contributed by atoms with Gasteiger partial charge in [-0.15, -0.1) is 0 Å². The molecular weight excluding hydrogens is 410 g/mol. The zero-order valence-corrected chi connectivity index (χ0v) is 19.6. The van der Waals surface area contributed by atoms with E-state index >= 15 is 0 Å². The van der Waals surface area contributed by atoms with Crippen molar-refractivity contribution >= 4 is 0 Å². The van der Waals surface area contributed by atoms with Gasteiger partial charge in [0, 0.05) is 49.4 Å². The van der Waals surface area contributed by atoms with Gasteiger partial charge in [0.05, 0.1) is 5.60 Å². The van der Waals surface area contributed by atoms with E-state index in [0.717, 1.165) is 76.4 Å². The Bertz CT molecular complexity index is 994. The van der Waals surface area contributed by atoms with Gasteiger partial charge in [-0.05, 0) is 92.9 Å². The van der Waals surface area contributed by atoms with Crippen molar-refractivity contribution in [2.45, 2.75) is 68.4 Å². The van der Waals surface area contributed by atoms with Crippen LogP contribution < -0.4 is 0 Å². The van der Waals surface area contributed by atoms with Gasteiger partial charge < -0.3 is 15.1 Å². The second-order valence-electron chi connectivity index (χ2n) is 11.0. The SMILES string of the molecule is Oc1ccc2c(c1)C13CCN(CCc4ccccn4)CCC1(O)C(C2)N(CC1CCC1)CC3. The number of aromatic nitrogens is 1. The number of hydrogen-bond donors (Lipinski definition) is 2. The Hall–Kier alpha value is -1.95. The first-order valence-corrected chi connectivity index (χ1v) is 13.0. The third-order valence-electron chi connectivity index (χ3n) is 9.46. The molecular formula is C28H37N3O2. The van der Waals surface area contributed by atoms with Crippen LogP contribution in [0.4, 0.5) is 0 Å². The summed E-state index contributed by atoms with van der Waals surface area (Å²) in [6.45, 7) is 5.09. The van der Waals surface area contributed by atoms with E-state index in [2.05, 4.69) is 33.0 Å². The lowest BCUT2D eigenvalue weighted by atomic mass is 9.52. The third-order valence-corrected chi connectivity index (χ3v) is 9.46. The average molecular weight is 448 g/mol. The van der Waals surface area contributed by atoms with Gasteiger partial charge in [0.2, 0.25) is 0 Å². The topological polar surface area (TPSA) is 59.8 Å². The highest BCUT2D eigenvalue weighted by Crippen LogP contribution is 2.56. The average Bonchev–Trinajstić information content (AvgIpc) is 2.95. The molecule has 6 rings (SSSR count). The molecule has 33 heavy (non-hydrogen) atoms. The minimum absolute atomic E-state index is 0.180. The molecule has 0 radical (unpaired) electrons. The number of piperidine rings is 1. The van der Waals surface area contributed by atoms with Crippen molar-refractivity contribution in [1.29, 1.82) is 0 Å². The first-order chi connectivity index (χ1) is 16.1. The molecule has 3 fully saturated rings. The highest BCUT2D eigenvalue weighted by Gasteiger charge is 2.63. The Morgan fingerprint density at radius 1 is 1.03 bits per heavy atom. The monoisotopic (exact) mass is 447 g/mol. The lowest BCUT2D eigenvalue weighted by molar-refractivity contribution is -0.152. The summed E-state index contributed by atoms with van der Waals surface area (Å²) in [5, 5.41) is 23.0. The maximum absolute atomic E-state index is 12.6. The lowest BCUT2D eigenvalue weighted by Gasteiger charge is -2.62. The molecule has 1 saturated carbocycles. The van der Waals surface area contributed by atoms with Crippen LogP contribution in [0.1, 0.15) is 55.3 Å². The van der Waals surface area contributed by atoms with Crippen molar-refractivity contribution in [1.82, 2.24) is 14.8 Å². The Balaban J connectivity index is 1.30. The summed E-state index contributed by atoms with van der Waals surface area (Å²) in [6.07, 6.45) is 10.5. The highest BCUT2D eigenvalue weighted by molar-refractivity contribution is 5.48. The summed E-state index contributed by atoms with van der Waals surface area (Å²) in [6, 6.07) is 12.2. The van der Waals surface area contributed by atoms with E-state index in [0.29, 0.717) is 5.75 Å². The Kier molecular flexibility index (Phi) is 5.47. The van der Waals surface area contributed by atoms with Crippen LogP contribution in [-0.4, -0.2) is 69.4 Å². The lowest BCUT2D eigenvalue weighted by Crippen LogP contribution is -2.71. The highest BCUT2D eigenvalue weighted by atomic mass is 16.3. The first kappa shape index (κ1) is 21.6. The van der Waals surface area contributed by atoms with Crippen LogP contribution >= 0.6 is 0 Å². The molecule has 176 valence electrons. The van der Waals surface area contributed by atoms with Crippen molar-refractivity contribution < 1.29 is 10.2 Å². The molecule has 5 nitrogen and oxygen atoms in total. The number of hydrogen-bond acceptors (Lipinski definition) is 5. The van der Waals surface area contributed by atoms with Gasteiger partial charge in [0.25, 0.3) is 0 Å². The summed E-state index contributed by atoms with van der Waals surface area (Å²) in [7, 11) is 0. The van der Waals surface area contributed by atoms with Crippen molar-refractivity contribution in [2.24, 2.45) is 5.92 Å². The number of aliphatic hydroxyl groups is 1. The number of pyridine rings is 1. The van der Waals surface area contributed by atoms with Crippen LogP contribution in [-0.2, 0) is 18.3 Å². The van der Waals surface area contributed by atoms with Crippen molar-refractivity contribution in [3.05, 3.63) is 59.4 Å². The number of nitrogens with zero attached hydrogens (tertiary/aromatic N) is 3. The van der Waals surface area contributed by atoms with Gasteiger partial charge in [0.15, 0.2) is 0 Å². The molecule has 1 aromatic carbocycles. The van der Waals surface area contributed by atoms with Crippen LogP contribution in [0.25, 0.3) is 0 Å². The molecule has 3 unspecified atom stereocenters. The fourth-order valence-corrected chi connectivity index (χ4v) is 7.33. The van der Waals surface area contributed by atoms with Gasteiger partial charge in [-0.25, -0.2) is 0 Å². The number of likely N-dealkylation sites (tertiary alicyclic amines) is 2. The van der Waals surface area contributed by atoms with E-state index in [1.165, 1.54) is 30.4 Å². The Morgan fingerprint density at radius 3 is 2.67 bits per heavy atom. The predicted octanol–water partition coefficient (Wildman–Crippen LogP) is 3.53. The number of phenols is 1. The van der Waals surface area contributed by atoms with Crippen LogP contribution in [0.2, 0.25) is 0 Å². The minimum atomic E-state index is -0.741. The summed E-state index contributed by atoms with van der Waals surface area (Å²) < 4.78 is 0. The quantitative estimate of drug-likeness (QED) is 0.734. The standard InChI is InChI=1S/C28H37N3O2/c32-24-8-7-22-18-26-28(33)12-16-30(14-9-23-6-1-2-13-29-23)15-10-27(28,25(22)19-24)11-17-31(26)20-21-4-3-5-21/h1-2,6-8,13,19,21,26,32-33H,3-5,9-12,14-18,20H2. The van der Waals surface area contributed by atoms with Crippen LogP contribution in [0.15, 0.2) is 42.6 Å². The second kappa shape index (κ2) is 8.37. The molecule has 2 aliphatic carbocycles. The third kappa shape index (κ3) is 3.60. The van der Waals surface area contributed by atoms with Crippen molar-refractivity contribution in [3.63, 3.8) is 0 Å². The molecule has 5 heteroatoms. The number of phenolic OH excluding ortho intramolecular Hbond substituents is 1. The molecule has 4 aliphatic rings. The van der Waals surface area contributed by atoms with E-state index < -0.39 is 5.60 Å². The van der Waals surface area contributed by atoms with E-state index in [9.17, 15) is 10.2 Å². The Labute approximate surface area is 197 Å². The predicted molar refractivity (Wildman–Crippen MR) is 129 cm³/mol. The fourth-order valence-electron chi connectivity index (χ4n) is 7.33. The van der Waals surface area contributed by atoms with E-state index in [1.807, 2.05) is 24.4 Å². The zero-order chi connectivity index (χ0) is 22.5. The van der Waals surface area contributed by atoms with Gasteiger partial charge in [-0.3, -0.25) is 9.88 Å². The van der Waals surface area contributed by atoms with Crippen molar-refractivity contribution in [2.75, 3.05) is 32.7 Å². The first-order valence-electron chi connectivity index (χ1n) is 13.0. The molecule has 0 spiro atoms. The summed E-state index contributed by atoms with van der Waals surface area (Å²) in [5.74, 6) is 1.14. The maximum atomic E-state index is 12.6. The van der Waals surface area contributed by atoms with E-state index in [-0.39, 0.29) is 11.5 Å². The summed E-state index contributed by atoms with van der Waals surface area (Å²) >= 11 is 0.